The molecule has 1 atom stereocenters. The molecule has 0 saturated carbocycles. The Morgan fingerprint density at radius 3 is 2.11 bits per heavy atom. The molecule has 28 heavy (non-hydrogen) atoms. The zero-order chi connectivity index (χ0) is 20.9. The van der Waals surface area contributed by atoms with Crippen LogP contribution >= 0.6 is 11.6 Å². The number of carbonyl (C=O) groups is 2. The normalized spacial score (nSPS) is 11.9. The Kier molecular flexibility index (Phi) is 11.7. The van der Waals surface area contributed by atoms with Crippen molar-refractivity contribution in [3.8, 4) is 0 Å². The van der Waals surface area contributed by atoms with Crippen LogP contribution in [0.5, 0.6) is 0 Å². The van der Waals surface area contributed by atoms with Crippen molar-refractivity contribution in [3.63, 3.8) is 0 Å². The summed E-state index contributed by atoms with van der Waals surface area (Å²) in [5, 5.41) is 0.629. The van der Waals surface area contributed by atoms with Crippen LogP contribution in [0, 0.1) is 5.92 Å². The Morgan fingerprint density at radius 1 is 1.00 bits per heavy atom. The minimum absolute atomic E-state index is 0.190. The van der Waals surface area contributed by atoms with Crippen molar-refractivity contribution in [2.45, 2.75) is 65.8 Å². The maximum absolute atomic E-state index is 12.8. The number of amides is 1. The third-order valence-electron chi connectivity index (χ3n) is 4.25. The van der Waals surface area contributed by atoms with Gasteiger partial charge in [0.25, 0.3) is 0 Å². The van der Waals surface area contributed by atoms with Crippen LogP contribution < -0.4 is 0 Å². The molecule has 1 unspecified atom stereocenters. The fourth-order valence-corrected chi connectivity index (χ4v) is 2.81. The van der Waals surface area contributed by atoms with Crippen molar-refractivity contribution in [2.75, 3.05) is 19.8 Å². The molecular formula is C22H34ClNO4. The Labute approximate surface area is 174 Å². The topological polar surface area (TPSA) is 55.8 Å². The number of unbranched alkanes of at least 4 members (excludes halogenated alkanes) is 2. The molecule has 1 amide bonds. The first-order chi connectivity index (χ1) is 13.4. The number of esters is 1. The lowest BCUT2D eigenvalue weighted by atomic mass is 10.0. The first kappa shape index (κ1) is 24.3. The van der Waals surface area contributed by atoms with Crippen LogP contribution in [0.1, 0.15) is 58.9 Å². The summed E-state index contributed by atoms with van der Waals surface area (Å²) in [6, 6.07) is 6.57. The van der Waals surface area contributed by atoms with Gasteiger partial charge in [0, 0.05) is 18.0 Å². The van der Waals surface area contributed by atoms with Gasteiger partial charge >= 0.3 is 12.1 Å². The number of rotatable bonds is 12. The third kappa shape index (κ3) is 8.96. The summed E-state index contributed by atoms with van der Waals surface area (Å²) in [4.78, 5) is 27.1. The molecule has 1 aromatic rings. The molecule has 0 bridgehead atoms. The predicted octanol–water partition coefficient (Wildman–Crippen LogP) is 5.49. The standard InChI is InChI=1S/C22H34ClNO4/c1-5-7-13-27-21(25)20(15-18-9-11-19(23)12-10-18)24(16-17(3)4)22(26)28-14-8-6-2/h9-12,17,20H,5-8,13-16H2,1-4H3. The van der Waals surface area contributed by atoms with E-state index in [1.165, 1.54) is 4.90 Å². The highest BCUT2D eigenvalue weighted by molar-refractivity contribution is 6.30. The third-order valence-corrected chi connectivity index (χ3v) is 4.50. The van der Waals surface area contributed by atoms with Crippen molar-refractivity contribution in [1.29, 1.82) is 0 Å². The van der Waals surface area contributed by atoms with E-state index in [1.54, 1.807) is 12.1 Å². The lowest BCUT2D eigenvalue weighted by Gasteiger charge is -2.31. The van der Waals surface area contributed by atoms with Gasteiger partial charge < -0.3 is 9.47 Å². The van der Waals surface area contributed by atoms with Crippen molar-refractivity contribution in [2.24, 2.45) is 5.92 Å². The van der Waals surface area contributed by atoms with Crippen LogP contribution in [0.3, 0.4) is 0 Å². The van der Waals surface area contributed by atoms with Gasteiger partial charge in [0.1, 0.15) is 6.04 Å². The molecule has 0 saturated heterocycles. The van der Waals surface area contributed by atoms with Gasteiger partial charge in [-0.2, -0.15) is 0 Å². The van der Waals surface area contributed by atoms with Gasteiger partial charge in [-0.05, 0) is 36.5 Å². The number of nitrogens with zero attached hydrogens (tertiary/aromatic N) is 1. The zero-order valence-corrected chi connectivity index (χ0v) is 18.3. The first-order valence-electron chi connectivity index (χ1n) is 10.2. The molecule has 0 N–H and O–H groups in total. The summed E-state index contributed by atoms with van der Waals surface area (Å²) in [5.74, 6) is -0.202. The average Bonchev–Trinajstić information content (AvgIpc) is 2.66. The van der Waals surface area contributed by atoms with Crippen LogP contribution in [0.2, 0.25) is 5.02 Å². The molecule has 0 spiro atoms. The van der Waals surface area contributed by atoms with Gasteiger partial charge in [-0.3, -0.25) is 4.90 Å². The highest BCUT2D eigenvalue weighted by Gasteiger charge is 2.33. The Balaban J connectivity index is 3.03. The monoisotopic (exact) mass is 411 g/mol. The van der Waals surface area contributed by atoms with E-state index in [9.17, 15) is 9.59 Å². The highest BCUT2D eigenvalue weighted by atomic mass is 35.5. The summed E-state index contributed by atoms with van der Waals surface area (Å²) >= 11 is 5.97. The maximum atomic E-state index is 12.8. The largest absolute Gasteiger partial charge is 0.464 e. The first-order valence-corrected chi connectivity index (χ1v) is 10.6. The Morgan fingerprint density at radius 2 is 1.57 bits per heavy atom. The van der Waals surface area contributed by atoms with Gasteiger partial charge in [-0.1, -0.05) is 64.3 Å². The summed E-state index contributed by atoms with van der Waals surface area (Å²) in [6.07, 6.45) is 3.36. The van der Waals surface area contributed by atoms with E-state index in [0.717, 1.165) is 31.2 Å². The van der Waals surface area contributed by atoms with E-state index in [0.29, 0.717) is 31.2 Å². The molecule has 0 radical (unpaired) electrons. The Bertz CT molecular complexity index is 589. The van der Waals surface area contributed by atoms with Crippen LogP contribution in [0.15, 0.2) is 24.3 Å². The summed E-state index contributed by atoms with van der Waals surface area (Å²) in [6.45, 7) is 9.22. The molecule has 0 aliphatic rings. The second-order valence-electron chi connectivity index (χ2n) is 7.38. The average molecular weight is 412 g/mol. The van der Waals surface area contributed by atoms with Crippen LogP contribution in [0.4, 0.5) is 4.79 Å². The predicted molar refractivity (Wildman–Crippen MR) is 113 cm³/mol. The molecular weight excluding hydrogens is 378 g/mol. The lowest BCUT2D eigenvalue weighted by Crippen LogP contribution is -2.49. The van der Waals surface area contributed by atoms with Crippen molar-refractivity contribution >= 4 is 23.7 Å². The molecule has 158 valence electrons. The molecule has 1 aromatic carbocycles. The van der Waals surface area contributed by atoms with Crippen LogP contribution in [-0.2, 0) is 20.7 Å². The number of hydrogen-bond acceptors (Lipinski definition) is 4. The van der Waals surface area contributed by atoms with Gasteiger partial charge in [0.05, 0.1) is 13.2 Å². The van der Waals surface area contributed by atoms with Crippen molar-refractivity contribution < 1.29 is 19.1 Å². The second kappa shape index (κ2) is 13.4. The van der Waals surface area contributed by atoms with Gasteiger partial charge in [0.2, 0.25) is 0 Å². The molecule has 0 aliphatic heterocycles. The van der Waals surface area contributed by atoms with E-state index >= 15 is 0 Å². The van der Waals surface area contributed by atoms with E-state index in [4.69, 9.17) is 21.1 Å². The molecule has 0 fully saturated rings. The van der Waals surface area contributed by atoms with Gasteiger partial charge in [0.15, 0.2) is 0 Å². The van der Waals surface area contributed by atoms with E-state index in [2.05, 4.69) is 0 Å². The van der Waals surface area contributed by atoms with Gasteiger partial charge in [-0.25, -0.2) is 9.59 Å². The van der Waals surface area contributed by atoms with Crippen molar-refractivity contribution in [3.05, 3.63) is 34.9 Å². The number of hydrogen-bond donors (Lipinski definition) is 0. The Hall–Kier alpha value is -1.75. The number of halogens is 1. The lowest BCUT2D eigenvalue weighted by molar-refractivity contribution is -0.149. The molecule has 0 heterocycles. The van der Waals surface area contributed by atoms with Gasteiger partial charge in [-0.15, -0.1) is 0 Å². The molecule has 0 aromatic heterocycles. The summed E-state index contributed by atoms with van der Waals surface area (Å²) in [7, 11) is 0. The number of benzene rings is 1. The summed E-state index contributed by atoms with van der Waals surface area (Å²) < 4.78 is 10.9. The van der Waals surface area contributed by atoms with E-state index in [1.807, 2.05) is 39.8 Å². The minimum Gasteiger partial charge on any atom is -0.464 e. The maximum Gasteiger partial charge on any atom is 0.410 e. The molecule has 1 rings (SSSR count). The number of carbonyl (C=O) groups excluding carboxylic acids is 2. The second-order valence-corrected chi connectivity index (χ2v) is 7.82. The van der Waals surface area contributed by atoms with E-state index in [-0.39, 0.29) is 5.92 Å². The summed E-state index contributed by atoms with van der Waals surface area (Å²) in [5.41, 5.74) is 0.914. The quantitative estimate of drug-likeness (QED) is 0.337. The van der Waals surface area contributed by atoms with Crippen molar-refractivity contribution in [1.82, 2.24) is 4.90 Å². The molecule has 0 aliphatic carbocycles. The van der Waals surface area contributed by atoms with Crippen LogP contribution in [0.25, 0.3) is 0 Å². The fraction of sp³-hybridized carbons (Fsp3) is 0.636. The number of ether oxygens (including phenoxy) is 2. The smallest absolute Gasteiger partial charge is 0.410 e. The van der Waals surface area contributed by atoms with Crippen LogP contribution in [-0.4, -0.2) is 42.8 Å². The molecule has 6 heteroatoms. The highest BCUT2D eigenvalue weighted by Crippen LogP contribution is 2.17. The SMILES string of the molecule is CCCCOC(=O)C(Cc1ccc(Cl)cc1)N(CC(C)C)C(=O)OCCCC. The fourth-order valence-electron chi connectivity index (χ4n) is 2.69. The van der Waals surface area contributed by atoms with E-state index < -0.39 is 18.1 Å². The molecule has 5 nitrogen and oxygen atoms in total. The zero-order valence-electron chi connectivity index (χ0n) is 17.6. The minimum atomic E-state index is -0.727.